The Hall–Kier alpha value is -2.42. The molecule has 0 unspecified atom stereocenters. The van der Waals surface area contributed by atoms with Crippen molar-refractivity contribution in [1.82, 2.24) is 34.1 Å². The fraction of sp³-hybridized carbons (Fsp3) is 0.571. The summed E-state index contributed by atoms with van der Waals surface area (Å²) in [6, 6.07) is 0.0837. The molecule has 2 aliphatic heterocycles. The molecule has 0 saturated carbocycles. The van der Waals surface area contributed by atoms with Gasteiger partial charge in [0, 0.05) is 32.4 Å². The molecular weight excluding hydrogens is 298 g/mol. The Kier molecular flexibility index (Phi) is 3.70. The first-order chi connectivity index (χ1) is 11.3. The van der Waals surface area contributed by atoms with Crippen molar-refractivity contribution in [1.29, 1.82) is 0 Å². The average Bonchev–Trinajstić information content (AvgIpc) is 3.23. The monoisotopic (exact) mass is 317 g/mol. The van der Waals surface area contributed by atoms with Gasteiger partial charge in [0.25, 0.3) is 0 Å². The third-order valence-corrected chi connectivity index (χ3v) is 4.19. The van der Waals surface area contributed by atoms with Crippen LogP contribution >= 0.6 is 0 Å². The van der Waals surface area contributed by atoms with Crippen LogP contribution in [0.25, 0.3) is 0 Å². The van der Waals surface area contributed by atoms with Gasteiger partial charge in [-0.2, -0.15) is 5.10 Å². The summed E-state index contributed by atoms with van der Waals surface area (Å²) in [5.74, 6) is 0.924. The van der Waals surface area contributed by atoms with Gasteiger partial charge < -0.3 is 19.1 Å². The van der Waals surface area contributed by atoms with E-state index in [-0.39, 0.29) is 6.03 Å². The maximum atomic E-state index is 12.6. The minimum atomic E-state index is 0.0837. The molecule has 9 heteroatoms. The molecule has 2 amide bonds. The van der Waals surface area contributed by atoms with Crippen molar-refractivity contribution < 1.29 is 9.53 Å². The lowest BCUT2D eigenvalue weighted by atomic mass is 10.3. The number of fused-ring (bicyclic) bond motifs is 1. The van der Waals surface area contributed by atoms with Crippen molar-refractivity contribution in [3.63, 3.8) is 0 Å². The fourth-order valence-electron chi connectivity index (χ4n) is 2.99. The molecule has 0 atom stereocenters. The molecule has 4 rings (SSSR count). The van der Waals surface area contributed by atoms with Crippen LogP contribution in [0.1, 0.15) is 11.5 Å². The molecule has 1 saturated heterocycles. The van der Waals surface area contributed by atoms with E-state index < -0.39 is 0 Å². The summed E-state index contributed by atoms with van der Waals surface area (Å²) in [5, 5.41) is 4.10. The van der Waals surface area contributed by atoms with Gasteiger partial charge in [-0.25, -0.2) is 19.4 Å². The van der Waals surface area contributed by atoms with E-state index in [9.17, 15) is 4.79 Å². The molecule has 0 radical (unpaired) electrons. The van der Waals surface area contributed by atoms with Crippen molar-refractivity contribution in [3.05, 3.63) is 30.4 Å². The number of carbonyl (C=O) groups is 1. The van der Waals surface area contributed by atoms with Gasteiger partial charge in [0.1, 0.15) is 18.5 Å². The van der Waals surface area contributed by atoms with Crippen LogP contribution in [-0.4, -0.2) is 73.0 Å². The molecule has 0 spiro atoms. The molecule has 2 aromatic heterocycles. The summed E-state index contributed by atoms with van der Waals surface area (Å²) in [5.41, 5.74) is 0.936. The molecular formula is C14H19N7O2. The van der Waals surface area contributed by atoms with Gasteiger partial charge in [-0.15, -0.1) is 0 Å². The predicted octanol–water partition coefficient (Wildman–Crippen LogP) is -0.209. The van der Waals surface area contributed by atoms with E-state index in [1.54, 1.807) is 11.0 Å². The number of carbonyl (C=O) groups excluding carboxylic acids is 1. The lowest BCUT2D eigenvalue weighted by Gasteiger charge is -2.34. The van der Waals surface area contributed by atoms with Crippen LogP contribution in [-0.2, 0) is 24.4 Å². The van der Waals surface area contributed by atoms with Crippen molar-refractivity contribution in [2.75, 3.05) is 32.8 Å². The van der Waals surface area contributed by atoms with E-state index in [0.717, 1.165) is 18.1 Å². The summed E-state index contributed by atoms with van der Waals surface area (Å²) in [7, 11) is 0. The Balaban J connectivity index is 1.44. The standard InChI is InChI=1S/C14H19N7O2/c22-14(18-3-5-23-6-4-18)20-2-1-19-7-12(17-13(19)9-20)8-21-11-15-10-16-21/h7,10-11H,1-6,8-9H2. The van der Waals surface area contributed by atoms with E-state index in [1.165, 1.54) is 6.33 Å². The van der Waals surface area contributed by atoms with E-state index >= 15 is 0 Å². The largest absolute Gasteiger partial charge is 0.378 e. The first-order valence-electron chi connectivity index (χ1n) is 7.78. The van der Waals surface area contributed by atoms with Gasteiger partial charge in [0.15, 0.2) is 0 Å². The van der Waals surface area contributed by atoms with E-state index in [1.807, 2.05) is 16.0 Å². The second-order valence-electron chi connectivity index (χ2n) is 5.74. The van der Waals surface area contributed by atoms with Gasteiger partial charge in [-0.1, -0.05) is 0 Å². The Labute approximate surface area is 133 Å². The number of morpholine rings is 1. The molecule has 23 heavy (non-hydrogen) atoms. The van der Waals surface area contributed by atoms with Crippen molar-refractivity contribution in [3.8, 4) is 0 Å². The molecule has 4 heterocycles. The summed E-state index contributed by atoms with van der Waals surface area (Å²) < 4.78 is 9.17. The SMILES string of the molecule is O=C(N1CCOCC1)N1CCn2cc(Cn3cncn3)nc2C1. The highest BCUT2D eigenvalue weighted by molar-refractivity contribution is 5.74. The number of hydrogen-bond acceptors (Lipinski definition) is 5. The number of amides is 2. The fourth-order valence-corrected chi connectivity index (χ4v) is 2.99. The van der Waals surface area contributed by atoms with Crippen LogP contribution in [0.2, 0.25) is 0 Å². The number of nitrogens with zero attached hydrogens (tertiary/aromatic N) is 7. The normalized spacial score (nSPS) is 18.1. The second kappa shape index (κ2) is 5.99. The first-order valence-corrected chi connectivity index (χ1v) is 7.78. The molecule has 0 aliphatic carbocycles. The quantitative estimate of drug-likeness (QED) is 0.765. The molecule has 9 nitrogen and oxygen atoms in total. The van der Waals surface area contributed by atoms with Crippen LogP contribution in [0.15, 0.2) is 18.9 Å². The Morgan fingerprint density at radius 1 is 1.17 bits per heavy atom. The lowest BCUT2D eigenvalue weighted by Crippen LogP contribution is -2.50. The summed E-state index contributed by atoms with van der Waals surface area (Å²) in [6.07, 6.45) is 5.22. The van der Waals surface area contributed by atoms with E-state index in [4.69, 9.17) is 4.74 Å². The minimum Gasteiger partial charge on any atom is -0.378 e. The van der Waals surface area contributed by atoms with Crippen LogP contribution in [0.5, 0.6) is 0 Å². The smallest absolute Gasteiger partial charge is 0.320 e. The van der Waals surface area contributed by atoms with Crippen LogP contribution in [0, 0.1) is 0 Å². The summed E-state index contributed by atoms with van der Waals surface area (Å²) in [4.78, 5) is 24.9. The van der Waals surface area contributed by atoms with Crippen molar-refractivity contribution >= 4 is 6.03 Å². The highest BCUT2D eigenvalue weighted by atomic mass is 16.5. The van der Waals surface area contributed by atoms with Crippen molar-refractivity contribution in [2.24, 2.45) is 0 Å². The number of rotatable bonds is 2. The molecule has 0 bridgehead atoms. The molecule has 0 N–H and O–H groups in total. The summed E-state index contributed by atoms with van der Waals surface area (Å²) >= 11 is 0. The topological polar surface area (TPSA) is 81.3 Å². The lowest BCUT2D eigenvalue weighted by molar-refractivity contribution is 0.0408. The van der Waals surface area contributed by atoms with Gasteiger partial charge in [0.2, 0.25) is 0 Å². The Bertz CT molecular complexity index is 675. The summed E-state index contributed by atoms with van der Waals surface area (Å²) in [6.45, 7) is 5.21. The zero-order chi connectivity index (χ0) is 15.6. The highest BCUT2D eigenvalue weighted by Crippen LogP contribution is 2.15. The van der Waals surface area contributed by atoms with Gasteiger partial charge in [0.05, 0.1) is 32.0 Å². The molecule has 2 aliphatic rings. The number of urea groups is 1. The minimum absolute atomic E-state index is 0.0837. The zero-order valence-electron chi connectivity index (χ0n) is 12.8. The Morgan fingerprint density at radius 3 is 2.83 bits per heavy atom. The van der Waals surface area contributed by atoms with Gasteiger partial charge in [-0.3, -0.25) is 0 Å². The maximum Gasteiger partial charge on any atom is 0.320 e. The van der Waals surface area contributed by atoms with Gasteiger partial charge in [-0.05, 0) is 0 Å². The van der Waals surface area contributed by atoms with Crippen LogP contribution in [0.3, 0.4) is 0 Å². The maximum absolute atomic E-state index is 12.6. The zero-order valence-corrected chi connectivity index (χ0v) is 12.8. The van der Waals surface area contributed by atoms with E-state index in [2.05, 4.69) is 19.6 Å². The van der Waals surface area contributed by atoms with Crippen LogP contribution < -0.4 is 0 Å². The molecule has 122 valence electrons. The highest BCUT2D eigenvalue weighted by Gasteiger charge is 2.27. The average molecular weight is 317 g/mol. The molecule has 2 aromatic rings. The van der Waals surface area contributed by atoms with Crippen LogP contribution in [0.4, 0.5) is 4.79 Å². The number of imidazole rings is 1. The number of hydrogen-bond donors (Lipinski definition) is 0. The molecule has 1 fully saturated rings. The third-order valence-electron chi connectivity index (χ3n) is 4.19. The Morgan fingerprint density at radius 2 is 2.04 bits per heavy atom. The molecule has 0 aromatic carbocycles. The third kappa shape index (κ3) is 2.91. The van der Waals surface area contributed by atoms with Crippen molar-refractivity contribution in [2.45, 2.75) is 19.6 Å². The van der Waals surface area contributed by atoms with Gasteiger partial charge >= 0.3 is 6.03 Å². The number of ether oxygens (including phenoxy) is 1. The predicted molar refractivity (Wildman–Crippen MR) is 79.5 cm³/mol. The first kappa shape index (κ1) is 14.2. The van der Waals surface area contributed by atoms with E-state index in [0.29, 0.717) is 45.9 Å². The second-order valence-corrected chi connectivity index (χ2v) is 5.74. The number of aromatic nitrogens is 5.